The van der Waals surface area contributed by atoms with E-state index in [1.165, 1.54) is 18.5 Å². The molecule has 4 nitrogen and oxygen atoms in total. The molecule has 1 aromatic heterocycles. The average Bonchev–Trinajstić information content (AvgIpc) is 2.86. The van der Waals surface area contributed by atoms with Crippen molar-refractivity contribution in [3.8, 4) is 0 Å². The molecule has 1 aliphatic rings. The fourth-order valence-corrected chi connectivity index (χ4v) is 2.85. The second kappa shape index (κ2) is 5.39. The first-order valence-electron chi connectivity index (χ1n) is 5.71. The highest BCUT2D eigenvalue weighted by Gasteiger charge is 2.18. The van der Waals surface area contributed by atoms with Crippen LogP contribution < -0.4 is 5.32 Å². The number of nitrogens with zero attached hydrogens (tertiary/aromatic N) is 3. The summed E-state index contributed by atoms with van der Waals surface area (Å²) in [7, 11) is 1.96. The average molecular weight is 238 g/mol. The Morgan fingerprint density at radius 2 is 2.50 bits per heavy atom. The number of aryl methyl sites for hydroxylation is 1. The summed E-state index contributed by atoms with van der Waals surface area (Å²) >= 11 is 1.87. The molecule has 1 aromatic rings. The zero-order chi connectivity index (χ0) is 11.4. The van der Waals surface area contributed by atoms with E-state index in [9.17, 15) is 0 Å². The quantitative estimate of drug-likeness (QED) is 0.869. The van der Waals surface area contributed by atoms with E-state index >= 15 is 0 Å². The van der Waals surface area contributed by atoms with Crippen LogP contribution >= 0.6 is 11.8 Å². The summed E-state index contributed by atoms with van der Waals surface area (Å²) in [6.45, 7) is 4.00. The normalized spacial score (nSPS) is 19.9. The Labute approximate surface area is 101 Å². The maximum Gasteiger partial charge on any atom is 0.157 e. The molecule has 88 valence electrons. The van der Waals surface area contributed by atoms with E-state index in [2.05, 4.69) is 22.3 Å². The largest absolute Gasteiger partial charge is 0.359 e. The molecule has 0 bridgehead atoms. The van der Waals surface area contributed by atoms with Crippen molar-refractivity contribution in [1.82, 2.24) is 15.1 Å². The molecule has 0 fully saturated rings. The van der Waals surface area contributed by atoms with Crippen LogP contribution in [-0.4, -0.2) is 26.7 Å². The minimum absolute atomic E-state index is 0.680. The lowest BCUT2D eigenvalue weighted by atomic mass is 10.2. The smallest absolute Gasteiger partial charge is 0.157 e. The van der Waals surface area contributed by atoms with Crippen LogP contribution in [0.1, 0.15) is 25.5 Å². The van der Waals surface area contributed by atoms with Crippen molar-refractivity contribution in [3.63, 3.8) is 0 Å². The van der Waals surface area contributed by atoms with Gasteiger partial charge in [0.2, 0.25) is 0 Å². The summed E-state index contributed by atoms with van der Waals surface area (Å²) in [5, 5.41) is 9.26. The Morgan fingerprint density at radius 1 is 1.62 bits per heavy atom. The molecule has 0 radical (unpaired) electrons. The van der Waals surface area contributed by atoms with Gasteiger partial charge in [-0.2, -0.15) is 5.10 Å². The van der Waals surface area contributed by atoms with Gasteiger partial charge in [0, 0.05) is 18.5 Å². The van der Waals surface area contributed by atoms with Gasteiger partial charge in [-0.25, -0.2) is 0 Å². The van der Waals surface area contributed by atoms with Gasteiger partial charge in [0.15, 0.2) is 5.17 Å². The number of aliphatic imine (C=N–C) groups is 1. The predicted molar refractivity (Wildman–Crippen MR) is 68.6 cm³/mol. The monoisotopic (exact) mass is 238 g/mol. The van der Waals surface area contributed by atoms with Gasteiger partial charge in [-0.15, -0.1) is 0 Å². The molecule has 5 heteroatoms. The van der Waals surface area contributed by atoms with Crippen molar-refractivity contribution in [2.45, 2.75) is 31.6 Å². The van der Waals surface area contributed by atoms with Gasteiger partial charge in [-0.05, 0) is 12.5 Å². The Balaban J connectivity index is 1.78. The van der Waals surface area contributed by atoms with Crippen LogP contribution in [-0.2, 0) is 13.6 Å². The molecule has 2 rings (SSSR count). The second-order valence-corrected chi connectivity index (χ2v) is 5.26. The molecule has 2 heterocycles. The van der Waals surface area contributed by atoms with E-state index in [0.717, 1.165) is 18.3 Å². The molecule has 1 aliphatic heterocycles. The summed E-state index contributed by atoms with van der Waals surface area (Å²) in [5.74, 6) is 0. The number of rotatable bonds is 4. The fourth-order valence-electron chi connectivity index (χ4n) is 1.73. The molecule has 0 spiro atoms. The standard InChI is InChI=1S/C11H18N4S/c1-3-4-10-8-13-11(16-10)12-7-9-5-6-14-15(9)2/h5-6,10H,3-4,7-8H2,1-2H3,(H,12,13). The number of amidine groups is 1. The van der Waals surface area contributed by atoms with Crippen LogP contribution in [0.25, 0.3) is 0 Å². The van der Waals surface area contributed by atoms with Crippen molar-refractivity contribution in [3.05, 3.63) is 18.0 Å². The van der Waals surface area contributed by atoms with Crippen LogP contribution in [0, 0.1) is 0 Å². The van der Waals surface area contributed by atoms with Crippen LogP contribution in [0.4, 0.5) is 0 Å². The first-order chi connectivity index (χ1) is 7.79. The highest BCUT2D eigenvalue weighted by atomic mass is 32.2. The molecule has 0 saturated carbocycles. The van der Waals surface area contributed by atoms with Gasteiger partial charge < -0.3 is 5.32 Å². The van der Waals surface area contributed by atoms with Gasteiger partial charge in [0.25, 0.3) is 0 Å². The topological polar surface area (TPSA) is 42.2 Å². The maximum absolute atomic E-state index is 4.50. The van der Waals surface area contributed by atoms with Crippen LogP contribution in [0.5, 0.6) is 0 Å². The number of hydrogen-bond donors (Lipinski definition) is 1. The number of aromatic nitrogens is 2. The lowest BCUT2D eigenvalue weighted by molar-refractivity contribution is 0.694. The van der Waals surface area contributed by atoms with E-state index in [4.69, 9.17) is 0 Å². The third kappa shape index (κ3) is 2.78. The SMILES string of the molecule is CCCC1CN=C(NCc2ccnn2C)S1. The molecule has 0 saturated heterocycles. The van der Waals surface area contributed by atoms with E-state index in [1.807, 2.05) is 35.8 Å². The summed E-state index contributed by atoms with van der Waals surface area (Å²) < 4.78 is 1.89. The molecule has 1 atom stereocenters. The Morgan fingerprint density at radius 3 is 3.19 bits per heavy atom. The zero-order valence-corrected chi connectivity index (χ0v) is 10.6. The number of hydrogen-bond acceptors (Lipinski definition) is 4. The lowest BCUT2D eigenvalue weighted by Gasteiger charge is -2.07. The van der Waals surface area contributed by atoms with Crippen molar-refractivity contribution in [1.29, 1.82) is 0 Å². The van der Waals surface area contributed by atoms with Gasteiger partial charge in [-0.3, -0.25) is 9.67 Å². The molecular weight excluding hydrogens is 220 g/mol. The fraction of sp³-hybridized carbons (Fsp3) is 0.636. The molecule has 1 unspecified atom stereocenters. The summed E-state index contributed by atoms with van der Waals surface area (Å²) in [4.78, 5) is 4.50. The first-order valence-corrected chi connectivity index (χ1v) is 6.59. The first kappa shape index (κ1) is 11.5. The van der Waals surface area contributed by atoms with Gasteiger partial charge >= 0.3 is 0 Å². The third-order valence-corrected chi connectivity index (χ3v) is 3.89. The van der Waals surface area contributed by atoms with Gasteiger partial charge in [-0.1, -0.05) is 25.1 Å². The highest BCUT2D eigenvalue weighted by molar-refractivity contribution is 8.14. The van der Waals surface area contributed by atoms with Crippen molar-refractivity contribution < 1.29 is 0 Å². The van der Waals surface area contributed by atoms with Crippen molar-refractivity contribution >= 4 is 16.9 Å². The molecule has 1 N–H and O–H groups in total. The van der Waals surface area contributed by atoms with Crippen molar-refractivity contribution in [2.24, 2.45) is 12.0 Å². The molecule has 0 aliphatic carbocycles. The summed E-state index contributed by atoms with van der Waals surface area (Å²) in [5.41, 5.74) is 1.18. The Hall–Kier alpha value is -0.970. The predicted octanol–water partition coefficient (Wildman–Crippen LogP) is 1.78. The summed E-state index contributed by atoms with van der Waals surface area (Å²) in [6.07, 6.45) is 4.31. The Kier molecular flexibility index (Phi) is 3.88. The maximum atomic E-state index is 4.50. The number of nitrogens with one attached hydrogen (secondary N) is 1. The van der Waals surface area contributed by atoms with E-state index < -0.39 is 0 Å². The molecular formula is C11H18N4S. The van der Waals surface area contributed by atoms with Gasteiger partial charge in [0.1, 0.15) is 0 Å². The number of thioether (sulfide) groups is 1. The zero-order valence-electron chi connectivity index (χ0n) is 9.81. The lowest BCUT2D eigenvalue weighted by Crippen LogP contribution is -2.20. The van der Waals surface area contributed by atoms with E-state index in [-0.39, 0.29) is 0 Å². The van der Waals surface area contributed by atoms with Crippen molar-refractivity contribution in [2.75, 3.05) is 6.54 Å². The van der Waals surface area contributed by atoms with Crippen LogP contribution in [0.2, 0.25) is 0 Å². The summed E-state index contributed by atoms with van der Waals surface area (Å²) in [6, 6.07) is 2.02. The molecule has 0 aromatic carbocycles. The molecule has 0 amide bonds. The minimum Gasteiger partial charge on any atom is -0.359 e. The highest BCUT2D eigenvalue weighted by Crippen LogP contribution is 2.23. The van der Waals surface area contributed by atoms with Gasteiger partial charge in [0.05, 0.1) is 18.8 Å². The van der Waals surface area contributed by atoms with Crippen LogP contribution in [0.3, 0.4) is 0 Å². The molecule has 16 heavy (non-hydrogen) atoms. The van der Waals surface area contributed by atoms with Crippen LogP contribution in [0.15, 0.2) is 17.3 Å². The third-order valence-electron chi connectivity index (χ3n) is 2.67. The van der Waals surface area contributed by atoms with E-state index in [1.54, 1.807) is 0 Å². The second-order valence-electron chi connectivity index (χ2n) is 3.97. The minimum atomic E-state index is 0.680. The Bertz CT molecular complexity index is 372. The van der Waals surface area contributed by atoms with E-state index in [0.29, 0.717) is 5.25 Å².